The third kappa shape index (κ3) is 6.35. The maximum Gasteiger partial charge on any atom is 0.490 e. The van der Waals surface area contributed by atoms with E-state index in [4.69, 9.17) is 15.6 Å². The van der Waals surface area contributed by atoms with E-state index in [0.29, 0.717) is 28.5 Å². The van der Waals surface area contributed by atoms with Crippen LogP contribution in [0.4, 0.5) is 17.6 Å². The van der Waals surface area contributed by atoms with Gasteiger partial charge in [-0.2, -0.15) is 13.2 Å². The second-order valence-electron chi connectivity index (χ2n) is 7.96. The summed E-state index contributed by atoms with van der Waals surface area (Å²) in [6.45, 7) is 3.76. The molecule has 3 N–H and O–H groups in total. The number of aryl methyl sites for hydroxylation is 1. The molecule has 0 aliphatic carbocycles. The molecule has 1 aliphatic rings. The summed E-state index contributed by atoms with van der Waals surface area (Å²) in [4.78, 5) is 34.6. The minimum atomic E-state index is -5.08. The summed E-state index contributed by atoms with van der Waals surface area (Å²) < 4.78 is 48.1. The molecule has 13 heteroatoms. The normalized spacial score (nSPS) is 17.9. The monoisotopic (exact) mass is 511 g/mol. The van der Waals surface area contributed by atoms with Gasteiger partial charge in [-0.1, -0.05) is 17.8 Å². The van der Waals surface area contributed by atoms with E-state index in [1.807, 2.05) is 20.0 Å². The number of alkyl halides is 3. The van der Waals surface area contributed by atoms with E-state index >= 15 is 0 Å². The highest BCUT2D eigenvalue weighted by Crippen LogP contribution is 2.36. The van der Waals surface area contributed by atoms with Gasteiger partial charge >= 0.3 is 12.1 Å². The highest BCUT2D eigenvalue weighted by molar-refractivity contribution is 8.13. The SMILES string of the molecule is Cc1cn2cc(C(=O)Cc3ccc(F)c([C@]4(C)CCSC(N)=N4)c3)ncc2n1.O=C(O)C(F)(F)F. The molecule has 0 saturated carbocycles. The van der Waals surface area contributed by atoms with Crippen molar-refractivity contribution in [2.24, 2.45) is 10.7 Å². The number of benzene rings is 1. The molecule has 2 aromatic heterocycles. The highest BCUT2D eigenvalue weighted by Gasteiger charge is 2.38. The number of hydrogen-bond donors (Lipinski definition) is 2. The van der Waals surface area contributed by atoms with Gasteiger partial charge in [0.05, 0.1) is 17.4 Å². The van der Waals surface area contributed by atoms with Crippen LogP contribution in [-0.4, -0.2) is 48.3 Å². The summed E-state index contributed by atoms with van der Waals surface area (Å²) in [5, 5.41) is 7.59. The Labute approximate surface area is 201 Å². The molecule has 0 radical (unpaired) electrons. The van der Waals surface area contributed by atoms with Crippen molar-refractivity contribution in [1.29, 1.82) is 0 Å². The summed E-state index contributed by atoms with van der Waals surface area (Å²) in [6.07, 6.45) is 0.823. The molecule has 0 fully saturated rings. The van der Waals surface area contributed by atoms with Crippen LogP contribution in [0.25, 0.3) is 5.65 Å². The minimum absolute atomic E-state index is 0.128. The van der Waals surface area contributed by atoms with E-state index in [0.717, 1.165) is 17.0 Å². The van der Waals surface area contributed by atoms with Crippen LogP contribution in [0.15, 0.2) is 41.8 Å². The molecule has 0 bridgehead atoms. The van der Waals surface area contributed by atoms with Crippen LogP contribution < -0.4 is 5.73 Å². The number of fused-ring (bicyclic) bond motifs is 1. The Morgan fingerprint density at radius 1 is 1.29 bits per heavy atom. The summed E-state index contributed by atoms with van der Waals surface area (Å²) in [5.74, 6) is -2.45. The lowest BCUT2D eigenvalue weighted by atomic mass is 9.87. The number of halogens is 4. The molecule has 1 aliphatic heterocycles. The Morgan fingerprint density at radius 3 is 2.60 bits per heavy atom. The first kappa shape index (κ1) is 26.1. The van der Waals surface area contributed by atoms with Crippen molar-refractivity contribution < 1.29 is 32.3 Å². The molecule has 1 aromatic carbocycles. The first-order chi connectivity index (χ1) is 16.3. The molecule has 4 rings (SSSR count). The van der Waals surface area contributed by atoms with Crippen molar-refractivity contribution in [1.82, 2.24) is 14.4 Å². The number of aliphatic carboxylic acids is 1. The zero-order chi connectivity index (χ0) is 26.0. The van der Waals surface area contributed by atoms with Crippen molar-refractivity contribution in [2.45, 2.75) is 38.4 Å². The first-order valence-corrected chi connectivity index (χ1v) is 11.2. The minimum Gasteiger partial charge on any atom is -0.475 e. The predicted octanol–water partition coefficient (Wildman–Crippen LogP) is 3.90. The zero-order valence-corrected chi connectivity index (χ0v) is 19.5. The average Bonchev–Trinajstić information content (AvgIpc) is 3.13. The number of nitrogens with two attached hydrogens (primary N) is 1. The van der Waals surface area contributed by atoms with Crippen LogP contribution >= 0.6 is 11.8 Å². The summed E-state index contributed by atoms with van der Waals surface area (Å²) in [6, 6.07) is 4.75. The number of thioether (sulfide) groups is 1. The van der Waals surface area contributed by atoms with Gasteiger partial charge in [0.1, 0.15) is 11.5 Å². The molecule has 3 heterocycles. The van der Waals surface area contributed by atoms with Crippen molar-refractivity contribution in [2.75, 3.05) is 5.75 Å². The van der Waals surface area contributed by atoms with Gasteiger partial charge in [-0.25, -0.2) is 19.2 Å². The molecular weight excluding hydrogens is 490 g/mol. The number of aliphatic imine (C=N–C) groups is 1. The Bertz CT molecular complexity index is 1310. The smallest absolute Gasteiger partial charge is 0.475 e. The summed E-state index contributed by atoms with van der Waals surface area (Å²) in [5.41, 5.74) is 8.22. The predicted molar refractivity (Wildman–Crippen MR) is 122 cm³/mol. The van der Waals surface area contributed by atoms with Crippen LogP contribution in [0.5, 0.6) is 0 Å². The van der Waals surface area contributed by atoms with Crippen molar-refractivity contribution in [3.63, 3.8) is 0 Å². The van der Waals surface area contributed by atoms with Crippen LogP contribution in [0.3, 0.4) is 0 Å². The number of amidine groups is 1. The molecule has 0 spiro atoms. The lowest BCUT2D eigenvalue weighted by molar-refractivity contribution is -0.192. The molecule has 0 saturated heterocycles. The van der Waals surface area contributed by atoms with Crippen molar-refractivity contribution in [3.05, 3.63) is 65.1 Å². The number of hydrogen-bond acceptors (Lipinski definition) is 7. The fourth-order valence-electron chi connectivity index (χ4n) is 3.42. The molecule has 35 heavy (non-hydrogen) atoms. The molecule has 3 aromatic rings. The Hall–Kier alpha value is -3.48. The summed E-state index contributed by atoms with van der Waals surface area (Å²) >= 11 is 1.47. The number of carbonyl (C=O) groups excluding carboxylic acids is 1. The van der Waals surface area contributed by atoms with Gasteiger partial charge in [0.15, 0.2) is 16.6 Å². The van der Waals surface area contributed by atoms with Crippen LogP contribution in [0, 0.1) is 12.7 Å². The third-order valence-electron chi connectivity index (χ3n) is 5.16. The number of Topliss-reactive ketones (excluding diaryl/α,β-unsaturated/α-hetero) is 1. The molecule has 0 amide bonds. The van der Waals surface area contributed by atoms with E-state index in [2.05, 4.69) is 15.0 Å². The average molecular weight is 512 g/mol. The van der Waals surface area contributed by atoms with Gasteiger partial charge in [-0.3, -0.25) is 9.79 Å². The van der Waals surface area contributed by atoms with Gasteiger partial charge in [0.2, 0.25) is 0 Å². The quantitative estimate of drug-likeness (QED) is 0.402. The fourth-order valence-corrected chi connectivity index (χ4v) is 4.40. The lowest BCUT2D eigenvalue weighted by Gasteiger charge is -2.30. The largest absolute Gasteiger partial charge is 0.490 e. The van der Waals surface area contributed by atoms with Crippen LogP contribution in [-0.2, 0) is 16.8 Å². The van der Waals surface area contributed by atoms with Gasteiger partial charge in [0, 0.05) is 30.1 Å². The van der Waals surface area contributed by atoms with Gasteiger partial charge in [-0.05, 0) is 38.0 Å². The van der Waals surface area contributed by atoms with Crippen molar-refractivity contribution >= 4 is 34.3 Å². The van der Waals surface area contributed by atoms with E-state index in [1.54, 1.807) is 28.9 Å². The highest BCUT2D eigenvalue weighted by atomic mass is 32.2. The molecule has 186 valence electrons. The Kier molecular flexibility index (Phi) is 7.48. The van der Waals surface area contributed by atoms with Gasteiger partial charge < -0.3 is 15.2 Å². The van der Waals surface area contributed by atoms with Gasteiger partial charge in [-0.15, -0.1) is 0 Å². The fraction of sp³-hybridized carbons (Fsp3) is 0.318. The molecule has 8 nitrogen and oxygen atoms in total. The molecule has 1 atom stereocenters. The van der Waals surface area contributed by atoms with Crippen LogP contribution in [0.1, 0.15) is 40.7 Å². The number of aromatic nitrogens is 3. The van der Waals surface area contributed by atoms with E-state index in [9.17, 15) is 22.4 Å². The number of carboxylic acid groups (broad SMARTS) is 1. The van der Waals surface area contributed by atoms with Gasteiger partial charge in [0.25, 0.3) is 0 Å². The molecular formula is C22H21F4N5O3S. The maximum absolute atomic E-state index is 14.5. The van der Waals surface area contributed by atoms with Crippen molar-refractivity contribution in [3.8, 4) is 0 Å². The Balaban J connectivity index is 0.000000429. The number of ketones is 1. The van der Waals surface area contributed by atoms with Crippen LogP contribution in [0.2, 0.25) is 0 Å². The van der Waals surface area contributed by atoms with E-state index < -0.39 is 17.7 Å². The number of carboxylic acids is 1. The number of rotatable bonds is 4. The topological polar surface area (TPSA) is 123 Å². The van der Waals surface area contributed by atoms with E-state index in [-0.39, 0.29) is 18.0 Å². The number of imidazole rings is 1. The standard InChI is InChI=1S/C20H20FN5OS.C2HF3O2/c1-12-10-26-11-16(23-9-18(26)24-12)17(27)8-13-3-4-15(21)14(7-13)20(2)5-6-28-19(22)25-20;3-2(4,5)1(6)7/h3-4,7,9-11H,5-6,8H2,1-2H3,(H2,22,25);(H,6,7)/t20-;/m0./s1. The first-order valence-electron chi connectivity index (χ1n) is 10.2. The third-order valence-corrected chi connectivity index (χ3v) is 5.96. The maximum atomic E-state index is 14.5. The Morgan fingerprint density at radius 2 is 1.97 bits per heavy atom. The second-order valence-corrected chi connectivity index (χ2v) is 9.07. The summed E-state index contributed by atoms with van der Waals surface area (Å²) in [7, 11) is 0. The number of carbonyl (C=O) groups is 2. The molecule has 0 unspecified atom stereocenters. The lowest BCUT2D eigenvalue weighted by Crippen LogP contribution is -2.29. The second kappa shape index (κ2) is 10.0. The number of nitrogens with zero attached hydrogens (tertiary/aromatic N) is 4. The van der Waals surface area contributed by atoms with E-state index in [1.165, 1.54) is 17.8 Å². The zero-order valence-electron chi connectivity index (χ0n) is 18.6.